The lowest BCUT2D eigenvalue weighted by Gasteiger charge is -2.01. The van der Waals surface area contributed by atoms with Crippen LogP contribution >= 0.6 is 11.3 Å². The molecule has 0 saturated carbocycles. The van der Waals surface area contributed by atoms with Gasteiger partial charge in [-0.3, -0.25) is 4.79 Å². The van der Waals surface area contributed by atoms with E-state index in [1.165, 1.54) is 11.3 Å². The van der Waals surface area contributed by atoms with Gasteiger partial charge in [0.25, 0.3) is 5.91 Å². The number of rotatable bonds is 4. The van der Waals surface area contributed by atoms with Gasteiger partial charge in [-0.05, 0) is 23.6 Å². The van der Waals surface area contributed by atoms with Crippen molar-refractivity contribution in [3.8, 4) is 11.8 Å². The summed E-state index contributed by atoms with van der Waals surface area (Å²) in [5.74, 6) is 6.23. The van der Waals surface area contributed by atoms with Crippen LogP contribution in [0, 0.1) is 11.8 Å². The fourth-order valence-corrected chi connectivity index (χ4v) is 2.22. The molecule has 0 aliphatic carbocycles. The fraction of sp³-hybridized carbons (Fsp3) is 0.214. The SMILES string of the molecule is O=C(NCc1ccco1)c1sccc1C#CCCO. The van der Waals surface area contributed by atoms with E-state index in [-0.39, 0.29) is 12.5 Å². The lowest BCUT2D eigenvalue weighted by Crippen LogP contribution is -2.22. The normalized spacial score (nSPS) is 9.74. The van der Waals surface area contributed by atoms with Gasteiger partial charge in [-0.25, -0.2) is 0 Å². The van der Waals surface area contributed by atoms with Gasteiger partial charge in [-0.1, -0.05) is 11.8 Å². The number of hydrogen-bond donors (Lipinski definition) is 2. The highest BCUT2D eigenvalue weighted by atomic mass is 32.1. The van der Waals surface area contributed by atoms with Crippen LogP contribution < -0.4 is 5.32 Å². The summed E-state index contributed by atoms with van der Waals surface area (Å²) in [6.45, 7) is 0.379. The van der Waals surface area contributed by atoms with Gasteiger partial charge in [0.05, 0.1) is 19.4 Å². The first-order chi connectivity index (χ1) is 9.31. The molecule has 2 aromatic heterocycles. The molecule has 0 bridgehead atoms. The quantitative estimate of drug-likeness (QED) is 0.839. The van der Waals surface area contributed by atoms with E-state index in [1.807, 2.05) is 5.38 Å². The summed E-state index contributed by atoms with van der Waals surface area (Å²) < 4.78 is 5.14. The standard InChI is InChI=1S/C14H13NO3S/c16-7-2-1-4-11-6-9-19-13(11)14(17)15-10-12-5-3-8-18-12/h3,5-6,8-9,16H,2,7,10H2,(H,15,17). The minimum Gasteiger partial charge on any atom is -0.467 e. The Kier molecular flexibility index (Phi) is 4.78. The van der Waals surface area contributed by atoms with Crippen molar-refractivity contribution in [1.82, 2.24) is 5.32 Å². The zero-order valence-corrected chi connectivity index (χ0v) is 11.0. The predicted octanol–water partition coefficient (Wildman–Crippen LogP) is 2.01. The second kappa shape index (κ2) is 6.78. The number of amides is 1. The maximum Gasteiger partial charge on any atom is 0.263 e. The van der Waals surface area contributed by atoms with Gasteiger partial charge < -0.3 is 14.8 Å². The Morgan fingerprint density at radius 2 is 2.37 bits per heavy atom. The molecule has 4 nitrogen and oxygen atoms in total. The van der Waals surface area contributed by atoms with Crippen molar-refractivity contribution in [3.05, 3.63) is 46.0 Å². The number of aliphatic hydroxyl groups is 1. The van der Waals surface area contributed by atoms with E-state index in [4.69, 9.17) is 9.52 Å². The second-order valence-corrected chi connectivity index (χ2v) is 4.62. The smallest absolute Gasteiger partial charge is 0.263 e. The van der Waals surface area contributed by atoms with E-state index in [2.05, 4.69) is 17.2 Å². The number of carbonyl (C=O) groups excluding carboxylic acids is 1. The average molecular weight is 275 g/mol. The first-order valence-corrected chi connectivity index (χ1v) is 6.67. The van der Waals surface area contributed by atoms with Crippen molar-refractivity contribution in [1.29, 1.82) is 0 Å². The Labute approximate surface area is 115 Å². The third-order valence-electron chi connectivity index (χ3n) is 2.33. The number of thiophene rings is 1. The molecule has 2 aromatic rings. The van der Waals surface area contributed by atoms with Crippen LogP contribution in [0.1, 0.15) is 27.4 Å². The van der Waals surface area contributed by atoms with Crippen LogP contribution in [0.4, 0.5) is 0 Å². The zero-order valence-electron chi connectivity index (χ0n) is 10.2. The predicted molar refractivity (Wildman–Crippen MR) is 72.8 cm³/mol. The summed E-state index contributed by atoms with van der Waals surface area (Å²) in [5, 5.41) is 13.3. The minimum atomic E-state index is -0.167. The summed E-state index contributed by atoms with van der Waals surface area (Å²) in [5.41, 5.74) is 0.690. The third-order valence-corrected chi connectivity index (χ3v) is 3.25. The molecule has 2 heterocycles. The van der Waals surface area contributed by atoms with Crippen molar-refractivity contribution >= 4 is 17.2 Å². The molecule has 0 aliphatic rings. The molecule has 2 N–H and O–H groups in total. The van der Waals surface area contributed by atoms with Crippen molar-refractivity contribution in [2.45, 2.75) is 13.0 Å². The van der Waals surface area contributed by atoms with Crippen LogP contribution in [-0.4, -0.2) is 17.6 Å². The van der Waals surface area contributed by atoms with Gasteiger partial charge in [0, 0.05) is 12.0 Å². The van der Waals surface area contributed by atoms with Crippen LogP contribution in [0.3, 0.4) is 0 Å². The van der Waals surface area contributed by atoms with E-state index in [0.717, 1.165) is 0 Å². The lowest BCUT2D eigenvalue weighted by molar-refractivity contribution is 0.0952. The van der Waals surface area contributed by atoms with Crippen LogP contribution in [0.2, 0.25) is 0 Å². The van der Waals surface area contributed by atoms with E-state index >= 15 is 0 Å². The maximum absolute atomic E-state index is 12.0. The number of hydrogen-bond acceptors (Lipinski definition) is 4. The first-order valence-electron chi connectivity index (χ1n) is 5.79. The molecule has 0 atom stereocenters. The molecule has 0 radical (unpaired) electrons. The lowest BCUT2D eigenvalue weighted by atomic mass is 10.2. The van der Waals surface area contributed by atoms with Crippen molar-refractivity contribution in [3.63, 3.8) is 0 Å². The first kappa shape index (κ1) is 13.4. The highest BCUT2D eigenvalue weighted by molar-refractivity contribution is 7.12. The molecular weight excluding hydrogens is 262 g/mol. The minimum absolute atomic E-state index is 0.0250. The Balaban J connectivity index is 1.99. The highest BCUT2D eigenvalue weighted by Crippen LogP contribution is 2.16. The van der Waals surface area contributed by atoms with Gasteiger partial charge >= 0.3 is 0 Å². The second-order valence-electron chi connectivity index (χ2n) is 3.70. The summed E-state index contributed by atoms with van der Waals surface area (Å²) in [6, 6.07) is 5.38. The molecule has 0 aliphatic heterocycles. The molecule has 0 spiro atoms. The molecule has 19 heavy (non-hydrogen) atoms. The third kappa shape index (κ3) is 3.71. The van der Waals surface area contributed by atoms with Crippen LogP contribution in [0.15, 0.2) is 34.3 Å². The molecule has 0 aromatic carbocycles. The van der Waals surface area contributed by atoms with Gasteiger partial charge in [0.1, 0.15) is 10.6 Å². The molecule has 2 rings (SSSR count). The molecule has 0 saturated heterocycles. The summed E-state index contributed by atoms with van der Waals surface area (Å²) in [6.07, 6.45) is 1.97. The largest absolute Gasteiger partial charge is 0.467 e. The molecule has 0 unspecified atom stereocenters. The number of furan rings is 1. The average Bonchev–Trinajstić information content (AvgIpc) is 3.07. The van der Waals surface area contributed by atoms with E-state index in [9.17, 15) is 4.79 Å². The number of aliphatic hydroxyl groups excluding tert-OH is 1. The maximum atomic E-state index is 12.0. The molecule has 0 fully saturated rings. The van der Waals surface area contributed by atoms with E-state index < -0.39 is 0 Å². The Hall–Kier alpha value is -2.03. The Morgan fingerprint density at radius 1 is 1.47 bits per heavy atom. The van der Waals surface area contributed by atoms with Crippen LogP contribution in [0.5, 0.6) is 0 Å². The van der Waals surface area contributed by atoms with Gasteiger partial charge in [0.2, 0.25) is 0 Å². The summed E-state index contributed by atoms with van der Waals surface area (Å²) in [7, 11) is 0. The molecule has 5 heteroatoms. The van der Waals surface area contributed by atoms with Crippen LogP contribution in [-0.2, 0) is 6.54 Å². The molecule has 98 valence electrons. The topological polar surface area (TPSA) is 62.5 Å². The van der Waals surface area contributed by atoms with E-state index in [0.29, 0.717) is 29.2 Å². The van der Waals surface area contributed by atoms with Crippen LogP contribution in [0.25, 0.3) is 0 Å². The highest BCUT2D eigenvalue weighted by Gasteiger charge is 2.11. The van der Waals surface area contributed by atoms with Crippen molar-refractivity contribution in [2.24, 2.45) is 0 Å². The van der Waals surface area contributed by atoms with Gasteiger partial charge in [0.15, 0.2) is 0 Å². The van der Waals surface area contributed by atoms with Gasteiger partial charge in [-0.15, -0.1) is 11.3 Å². The van der Waals surface area contributed by atoms with Gasteiger partial charge in [-0.2, -0.15) is 0 Å². The Bertz CT molecular complexity index is 590. The number of nitrogens with one attached hydrogen (secondary N) is 1. The van der Waals surface area contributed by atoms with Crippen molar-refractivity contribution in [2.75, 3.05) is 6.61 Å². The molecular formula is C14H13NO3S. The Morgan fingerprint density at radius 3 is 3.11 bits per heavy atom. The van der Waals surface area contributed by atoms with E-state index in [1.54, 1.807) is 24.5 Å². The number of carbonyl (C=O) groups is 1. The fourth-order valence-electron chi connectivity index (χ4n) is 1.46. The molecule has 1 amide bonds. The zero-order chi connectivity index (χ0) is 13.5. The summed E-state index contributed by atoms with van der Waals surface area (Å²) >= 11 is 1.35. The summed E-state index contributed by atoms with van der Waals surface area (Å²) in [4.78, 5) is 12.6. The monoisotopic (exact) mass is 275 g/mol. The van der Waals surface area contributed by atoms with Crippen molar-refractivity contribution < 1.29 is 14.3 Å².